The van der Waals surface area contributed by atoms with Crippen LogP contribution in [0.25, 0.3) is 11.3 Å². The molecule has 0 aliphatic carbocycles. The number of thiazole rings is 1. The summed E-state index contributed by atoms with van der Waals surface area (Å²) < 4.78 is 0. The first-order valence-corrected chi connectivity index (χ1v) is 7.00. The molecule has 0 aliphatic rings. The molecule has 0 saturated carbocycles. The van der Waals surface area contributed by atoms with E-state index in [1.807, 2.05) is 14.1 Å². The third kappa shape index (κ3) is 2.15. The molecule has 0 aliphatic heterocycles. The predicted octanol–water partition coefficient (Wildman–Crippen LogP) is 4.11. The van der Waals surface area contributed by atoms with Gasteiger partial charge in [-0.25, -0.2) is 4.98 Å². The minimum Gasteiger partial charge on any atom is -0.354 e. The summed E-state index contributed by atoms with van der Waals surface area (Å²) in [5, 5.41) is 3.20. The molecule has 1 aromatic heterocycles. The van der Waals surface area contributed by atoms with E-state index in [4.69, 9.17) is 4.98 Å². The summed E-state index contributed by atoms with van der Waals surface area (Å²) in [6, 6.07) is 2.26. The van der Waals surface area contributed by atoms with E-state index in [0.717, 1.165) is 10.8 Å². The highest BCUT2D eigenvalue weighted by Crippen LogP contribution is 2.32. The SMILES string of the molecule is Cc1cc(-c2csc(N(C)C)n2)c(C)c(C)c1C. The van der Waals surface area contributed by atoms with Gasteiger partial charge in [-0.05, 0) is 56.0 Å². The topological polar surface area (TPSA) is 16.1 Å². The highest BCUT2D eigenvalue weighted by atomic mass is 32.1. The maximum atomic E-state index is 4.70. The molecule has 0 radical (unpaired) electrons. The van der Waals surface area contributed by atoms with Gasteiger partial charge in [0.25, 0.3) is 0 Å². The second-order valence-electron chi connectivity index (χ2n) is 5.03. The van der Waals surface area contributed by atoms with Crippen LogP contribution < -0.4 is 4.90 Å². The number of hydrogen-bond acceptors (Lipinski definition) is 3. The summed E-state index contributed by atoms with van der Waals surface area (Å²) in [6.07, 6.45) is 0. The molecule has 2 aromatic rings. The molecule has 0 atom stereocenters. The second-order valence-corrected chi connectivity index (χ2v) is 5.86. The zero-order valence-electron chi connectivity index (χ0n) is 12.0. The molecule has 18 heavy (non-hydrogen) atoms. The molecule has 3 heteroatoms. The van der Waals surface area contributed by atoms with E-state index in [1.165, 1.54) is 27.8 Å². The molecular formula is C15H20N2S. The largest absolute Gasteiger partial charge is 0.354 e. The fraction of sp³-hybridized carbons (Fsp3) is 0.400. The Morgan fingerprint density at radius 3 is 2.22 bits per heavy atom. The molecule has 2 nitrogen and oxygen atoms in total. The molecule has 0 unspecified atom stereocenters. The average molecular weight is 260 g/mol. The molecule has 1 aromatic carbocycles. The summed E-state index contributed by atoms with van der Waals surface area (Å²) in [5.74, 6) is 0. The van der Waals surface area contributed by atoms with Crippen molar-refractivity contribution in [1.29, 1.82) is 0 Å². The van der Waals surface area contributed by atoms with E-state index in [0.29, 0.717) is 0 Å². The van der Waals surface area contributed by atoms with Crippen molar-refractivity contribution < 1.29 is 0 Å². The van der Waals surface area contributed by atoms with E-state index in [-0.39, 0.29) is 0 Å². The minimum atomic E-state index is 1.06. The van der Waals surface area contributed by atoms with Gasteiger partial charge in [0, 0.05) is 25.0 Å². The van der Waals surface area contributed by atoms with Crippen molar-refractivity contribution in [2.75, 3.05) is 19.0 Å². The maximum absolute atomic E-state index is 4.70. The fourth-order valence-electron chi connectivity index (χ4n) is 2.07. The lowest BCUT2D eigenvalue weighted by atomic mass is 9.93. The van der Waals surface area contributed by atoms with Crippen LogP contribution >= 0.6 is 11.3 Å². The lowest BCUT2D eigenvalue weighted by Gasteiger charge is -2.13. The van der Waals surface area contributed by atoms with Gasteiger partial charge < -0.3 is 4.90 Å². The van der Waals surface area contributed by atoms with Crippen molar-refractivity contribution in [3.05, 3.63) is 33.7 Å². The first kappa shape index (κ1) is 13.1. The predicted molar refractivity (Wildman–Crippen MR) is 80.8 cm³/mol. The highest BCUT2D eigenvalue weighted by molar-refractivity contribution is 7.14. The van der Waals surface area contributed by atoms with E-state index >= 15 is 0 Å². The Morgan fingerprint density at radius 1 is 1.00 bits per heavy atom. The van der Waals surface area contributed by atoms with Gasteiger partial charge in [-0.3, -0.25) is 0 Å². The van der Waals surface area contributed by atoms with Crippen LogP contribution in [0.5, 0.6) is 0 Å². The normalized spacial score (nSPS) is 10.8. The van der Waals surface area contributed by atoms with Gasteiger partial charge in [-0.2, -0.15) is 0 Å². The summed E-state index contributed by atoms with van der Waals surface area (Å²) in [7, 11) is 4.06. The molecular weight excluding hydrogens is 240 g/mol. The van der Waals surface area contributed by atoms with Gasteiger partial charge in [0.15, 0.2) is 5.13 Å². The lowest BCUT2D eigenvalue weighted by Crippen LogP contribution is -2.07. The summed E-state index contributed by atoms with van der Waals surface area (Å²) in [5.41, 5.74) is 7.80. The minimum absolute atomic E-state index is 1.06. The molecule has 2 rings (SSSR count). The van der Waals surface area contributed by atoms with Crippen LogP contribution in [-0.4, -0.2) is 19.1 Å². The zero-order valence-corrected chi connectivity index (χ0v) is 12.8. The van der Waals surface area contributed by atoms with Crippen LogP contribution in [0.2, 0.25) is 0 Å². The van der Waals surface area contributed by atoms with E-state index in [1.54, 1.807) is 11.3 Å². The number of aromatic nitrogens is 1. The van der Waals surface area contributed by atoms with Crippen molar-refractivity contribution in [3.8, 4) is 11.3 Å². The molecule has 96 valence electrons. The number of benzene rings is 1. The van der Waals surface area contributed by atoms with E-state index in [2.05, 4.69) is 44.0 Å². The molecule has 0 saturated heterocycles. The van der Waals surface area contributed by atoms with Gasteiger partial charge in [-0.15, -0.1) is 11.3 Å². The van der Waals surface area contributed by atoms with Crippen LogP contribution in [0.15, 0.2) is 11.4 Å². The third-order valence-electron chi connectivity index (χ3n) is 3.63. The Kier molecular flexibility index (Phi) is 3.44. The molecule has 0 bridgehead atoms. The standard InChI is InChI=1S/C15H20N2S/c1-9-7-13(12(4)11(3)10(9)2)14-8-18-15(16-14)17(5)6/h7-8H,1-6H3. The van der Waals surface area contributed by atoms with E-state index < -0.39 is 0 Å². The molecule has 0 fully saturated rings. The number of nitrogens with zero attached hydrogens (tertiary/aromatic N) is 2. The van der Waals surface area contributed by atoms with Crippen LogP contribution in [0.4, 0.5) is 5.13 Å². The van der Waals surface area contributed by atoms with Crippen molar-refractivity contribution in [1.82, 2.24) is 4.98 Å². The number of anilines is 1. The van der Waals surface area contributed by atoms with Crippen LogP contribution in [0.1, 0.15) is 22.3 Å². The highest BCUT2D eigenvalue weighted by Gasteiger charge is 2.12. The van der Waals surface area contributed by atoms with Crippen LogP contribution in [-0.2, 0) is 0 Å². The van der Waals surface area contributed by atoms with Crippen molar-refractivity contribution in [2.45, 2.75) is 27.7 Å². The first-order chi connectivity index (χ1) is 8.41. The monoisotopic (exact) mass is 260 g/mol. The second kappa shape index (κ2) is 4.73. The van der Waals surface area contributed by atoms with Crippen molar-refractivity contribution >= 4 is 16.5 Å². The lowest BCUT2D eigenvalue weighted by molar-refractivity contribution is 1.10. The van der Waals surface area contributed by atoms with Crippen LogP contribution in [0, 0.1) is 27.7 Å². The van der Waals surface area contributed by atoms with Gasteiger partial charge in [0.05, 0.1) is 5.69 Å². The van der Waals surface area contributed by atoms with Crippen molar-refractivity contribution in [3.63, 3.8) is 0 Å². The first-order valence-electron chi connectivity index (χ1n) is 6.12. The molecule has 0 N–H and O–H groups in total. The Labute approximate surface area is 113 Å². The summed E-state index contributed by atoms with van der Waals surface area (Å²) in [4.78, 5) is 6.75. The quantitative estimate of drug-likeness (QED) is 0.808. The Hall–Kier alpha value is -1.35. The molecule has 1 heterocycles. The maximum Gasteiger partial charge on any atom is 0.185 e. The zero-order chi connectivity index (χ0) is 13.4. The molecule has 0 amide bonds. The average Bonchev–Trinajstić information content (AvgIpc) is 2.80. The van der Waals surface area contributed by atoms with E-state index in [9.17, 15) is 0 Å². The number of aryl methyl sites for hydroxylation is 1. The summed E-state index contributed by atoms with van der Waals surface area (Å²) in [6.45, 7) is 8.74. The fourth-order valence-corrected chi connectivity index (χ4v) is 2.83. The Balaban J connectivity index is 2.57. The number of hydrogen-bond donors (Lipinski definition) is 0. The number of rotatable bonds is 2. The smallest absolute Gasteiger partial charge is 0.185 e. The van der Waals surface area contributed by atoms with Crippen LogP contribution in [0.3, 0.4) is 0 Å². The third-order valence-corrected chi connectivity index (χ3v) is 4.64. The molecule has 0 spiro atoms. The van der Waals surface area contributed by atoms with Gasteiger partial charge in [-0.1, -0.05) is 0 Å². The van der Waals surface area contributed by atoms with Gasteiger partial charge in [0.1, 0.15) is 0 Å². The van der Waals surface area contributed by atoms with Gasteiger partial charge >= 0.3 is 0 Å². The van der Waals surface area contributed by atoms with Crippen molar-refractivity contribution in [2.24, 2.45) is 0 Å². The summed E-state index contributed by atoms with van der Waals surface area (Å²) >= 11 is 1.69. The Bertz CT molecular complexity index is 582. The Morgan fingerprint density at radius 2 is 1.67 bits per heavy atom. The van der Waals surface area contributed by atoms with Gasteiger partial charge in [0.2, 0.25) is 0 Å².